The van der Waals surface area contributed by atoms with Gasteiger partial charge in [-0.2, -0.15) is 14.9 Å². The van der Waals surface area contributed by atoms with Gasteiger partial charge in [0.05, 0.1) is 12.4 Å². The Bertz CT molecular complexity index is 817. The van der Waals surface area contributed by atoms with Crippen molar-refractivity contribution in [3.63, 3.8) is 0 Å². The van der Waals surface area contributed by atoms with Crippen LogP contribution in [0.4, 0.5) is 0 Å². The molecule has 6 nitrogen and oxygen atoms in total. The smallest absolute Gasteiger partial charge is 0.216 e. The van der Waals surface area contributed by atoms with Crippen LogP contribution in [0.3, 0.4) is 0 Å². The number of aromatic amines is 1. The first-order valence-electron chi connectivity index (χ1n) is 6.29. The van der Waals surface area contributed by atoms with E-state index in [-0.39, 0.29) is 0 Å². The molecule has 0 aliphatic carbocycles. The van der Waals surface area contributed by atoms with Gasteiger partial charge in [-0.05, 0) is 24.7 Å². The van der Waals surface area contributed by atoms with Gasteiger partial charge in [0.25, 0.3) is 0 Å². The Morgan fingerprint density at radius 2 is 2.05 bits per heavy atom. The van der Waals surface area contributed by atoms with Gasteiger partial charge in [0, 0.05) is 12.4 Å². The molecule has 21 heavy (non-hydrogen) atoms. The monoisotopic (exact) mass is 296 g/mol. The molecule has 2 aromatic heterocycles. The molecular formula is C14H12N6S. The molecule has 0 radical (unpaired) electrons. The lowest BCUT2D eigenvalue weighted by molar-refractivity contribution is 0.866. The second kappa shape index (κ2) is 5.76. The predicted molar refractivity (Wildman–Crippen MR) is 82.6 cm³/mol. The van der Waals surface area contributed by atoms with E-state index in [2.05, 4.69) is 25.3 Å². The average Bonchev–Trinajstić information content (AvgIpc) is 2.89. The van der Waals surface area contributed by atoms with Gasteiger partial charge in [0.15, 0.2) is 0 Å². The molecule has 1 N–H and O–H groups in total. The molecule has 0 spiro atoms. The zero-order chi connectivity index (χ0) is 14.7. The molecule has 0 unspecified atom stereocenters. The van der Waals surface area contributed by atoms with E-state index in [4.69, 9.17) is 12.2 Å². The lowest BCUT2D eigenvalue weighted by Gasteiger charge is -1.99. The number of rotatable bonds is 3. The lowest BCUT2D eigenvalue weighted by Crippen LogP contribution is -1.97. The van der Waals surface area contributed by atoms with Crippen LogP contribution >= 0.6 is 12.2 Å². The number of benzene rings is 1. The fraction of sp³-hybridized carbons (Fsp3) is 0.0714. The largest absolute Gasteiger partial charge is 0.261 e. The summed E-state index contributed by atoms with van der Waals surface area (Å²) in [5.41, 5.74) is 2.78. The molecule has 0 fully saturated rings. The Hall–Kier alpha value is -2.67. The molecule has 3 rings (SSSR count). The molecule has 0 amide bonds. The van der Waals surface area contributed by atoms with E-state index >= 15 is 0 Å². The zero-order valence-electron chi connectivity index (χ0n) is 11.3. The van der Waals surface area contributed by atoms with E-state index in [1.165, 1.54) is 10.2 Å². The van der Waals surface area contributed by atoms with Crippen molar-refractivity contribution >= 4 is 18.4 Å². The van der Waals surface area contributed by atoms with Crippen LogP contribution in [-0.4, -0.2) is 31.1 Å². The summed E-state index contributed by atoms with van der Waals surface area (Å²) in [6.45, 7) is 2.04. The molecule has 1 aromatic carbocycles. The summed E-state index contributed by atoms with van der Waals surface area (Å²) in [4.78, 5) is 8.23. The van der Waals surface area contributed by atoms with Gasteiger partial charge in [-0.25, -0.2) is 10.1 Å². The molecule has 2 heterocycles. The first kappa shape index (κ1) is 13.3. The third-order valence-electron chi connectivity index (χ3n) is 2.84. The number of nitrogens with zero attached hydrogens (tertiary/aromatic N) is 5. The number of hydrogen-bond donors (Lipinski definition) is 1. The first-order valence-corrected chi connectivity index (χ1v) is 6.70. The topological polar surface area (TPSA) is 71.8 Å². The number of hydrogen-bond acceptors (Lipinski definition) is 5. The van der Waals surface area contributed by atoms with Crippen molar-refractivity contribution in [1.82, 2.24) is 24.8 Å². The fourth-order valence-electron chi connectivity index (χ4n) is 1.76. The SMILES string of the molecule is Cc1ccc(/C=N/n2c(-c3cnccn3)n[nH]c2=S)cc1. The summed E-state index contributed by atoms with van der Waals surface area (Å²) in [7, 11) is 0. The van der Waals surface area contributed by atoms with Crippen LogP contribution in [0, 0.1) is 11.7 Å². The molecule has 7 heteroatoms. The quantitative estimate of drug-likeness (QED) is 0.595. The number of nitrogens with one attached hydrogen (secondary N) is 1. The standard InChI is InChI=1S/C14H12N6S/c1-10-2-4-11(5-3-10)8-17-20-13(18-19-14(20)21)12-9-15-6-7-16-12/h2-9H,1H3,(H,19,21)/b17-8+. The summed E-state index contributed by atoms with van der Waals surface area (Å²) in [5, 5.41) is 11.2. The molecule has 0 aliphatic rings. The van der Waals surface area contributed by atoms with Gasteiger partial charge in [-0.15, -0.1) is 0 Å². The molecule has 104 valence electrons. The van der Waals surface area contributed by atoms with Crippen LogP contribution in [-0.2, 0) is 0 Å². The second-order valence-electron chi connectivity index (χ2n) is 4.41. The molecule has 0 aliphatic heterocycles. The molecule has 0 saturated carbocycles. The number of aromatic nitrogens is 5. The fourth-order valence-corrected chi connectivity index (χ4v) is 1.94. The minimum Gasteiger partial charge on any atom is -0.261 e. The Balaban J connectivity index is 1.98. The van der Waals surface area contributed by atoms with Gasteiger partial charge < -0.3 is 0 Å². The highest BCUT2D eigenvalue weighted by atomic mass is 32.1. The van der Waals surface area contributed by atoms with Crippen molar-refractivity contribution in [2.75, 3.05) is 0 Å². The molecule has 0 saturated heterocycles. The van der Waals surface area contributed by atoms with E-state index in [1.807, 2.05) is 31.2 Å². The highest BCUT2D eigenvalue weighted by molar-refractivity contribution is 7.71. The lowest BCUT2D eigenvalue weighted by atomic mass is 10.2. The first-order chi connectivity index (χ1) is 10.2. The van der Waals surface area contributed by atoms with Crippen LogP contribution in [0.15, 0.2) is 48.0 Å². The molecule has 0 bridgehead atoms. The maximum atomic E-state index is 5.19. The van der Waals surface area contributed by atoms with Crippen molar-refractivity contribution in [1.29, 1.82) is 0 Å². The summed E-state index contributed by atoms with van der Waals surface area (Å²) >= 11 is 5.19. The van der Waals surface area contributed by atoms with Gasteiger partial charge >= 0.3 is 0 Å². The van der Waals surface area contributed by atoms with E-state index in [9.17, 15) is 0 Å². The van der Waals surface area contributed by atoms with Gasteiger partial charge in [0.2, 0.25) is 10.6 Å². The van der Waals surface area contributed by atoms with Gasteiger partial charge in [-0.1, -0.05) is 29.8 Å². The molecular weight excluding hydrogens is 284 g/mol. The van der Waals surface area contributed by atoms with Crippen LogP contribution in [0.1, 0.15) is 11.1 Å². The van der Waals surface area contributed by atoms with Gasteiger partial charge in [-0.3, -0.25) is 4.98 Å². The van der Waals surface area contributed by atoms with E-state index in [1.54, 1.807) is 24.8 Å². The third kappa shape index (κ3) is 2.92. The number of H-pyrrole nitrogens is 1. The zero-order valence-corrected chi connectivity index (χ0v) is 12.1. The van der Waals surface area contributed by atoms with Crippen LogP contribution in [0.25, 0.3) is 11.5 Å². The van der Waals surface area contributed by atoms with E-state index in [0.29, 0.717) is 16.3 Å². The van der Waals surface area contributed by atoms with Crippen molar-refractivity contribution in [2.24, 2.45) is 5.10 Å². The average molecular weight is 296 g/mol. The van der Waals surface area contributed by atoms with Crippen molar-refractivity contribution in [3.05, 3.63) is 58.8 Å². The Kier molecular flexibility index (Phi) is 3.65. The Labute approximate surface area is 126 Å². The van der Waals surface area contributed by atoms with E-state index < -0.39 is 0 Å². The van der Waals surface area contributed by atoms with E-state index in [0.717, 1.165) is 5.56 Å². The second-order valence-corrected chi connectivity index (χ2v) is 4.80. The highest BCUT2D eigenvalue weighted by Gasteiger charge is 2.08. The minimum atomic E-state index is 0.402. The Morgan fingerprint density at radius 3 is 2.76 bits per heavy atom. The Morgan fingerprint density at radius 1 is 1.24 bits per heavy atom. The predicted octanol–water partition coefficient (Wildman–Crippen LogP) is 2.59. The van der Waals surface area contributed by atoms with Crippen molar-refractivity contribution in [3.8, 4) is 11.5 Å². The van der Waals surface area contributed by atoms with Gasteiger partial charge in [0.1, 0.15) is 5.69 Å². The van der Waals surface area contributed by atoms with Crippen LogP contribution < -0.4 is 0 Å². The summed E-state index contributed by atoms with van der Waals surface area (Å²) in [6.07, 6.45) is 6.54. The van der Waals surface area contributed by atoms with Crippen molar-refractivity contribution < 1.29 is 0 Å². The minimum absolute atomic E-state index is 0.402. The van der Waals surface area contributed by atoms with Crippen LogP contribution in [0.5, 0.6) is 0 Å². The van der Waals surface area contributed by atoms with Crippen molar-refractivity contribution in [2.45, 2.75) is 6.92 Å². The summed E-state index contributed by atoms with van der Waals surface area (Å²) in [6, 6.07) is 8.04. The normalized spacial score (nSPS) is 11.1. The molecule has 0 atom stereocenters. The van der Waals surface area contributed by atoms with Crippen LogP contribution in [0.2, 0.25) is 0 Å². The highest BCUT2D eigenvalue weighted by Crippen LogP contribution is 2.12. The number of aryl methyl sites for hydroxylation is 1. The summed E-state index contributed by atoms with van der Waals surface area (Å²) < 4.78 is 1.93. The molecule has 3 aromatic rings. The maximum absolute atomic E-state index is 5.19. The summed E-state index contributed by atoms with van der Waals surface area (Å²) in [5.74, 6) is 0.525. The third-order valence-corrected chi connectivity index (χ3v) is 3.11. The maximum Gasteiger partial charge on any atom is 0.216 e.